The first-order chi connectivity index (χ1) is 18.4. The van der Waals surface area contributed by atoms with Crippen LogP contribution in [0, 0.1) is 0 Å². The number of aliphatic hydroxyl groups is 6. The van der Waals surface area contributed by atoms with E-state index < -0.39 is 82.4 Å². The van der Waals surface area contributed by atoms with E-state index in [1.807, 2.05) is 0 Å². The maximum Gasteiger partial charge on any atom is 0.470 e. The van der Waals surface area contributed by atoms with Crippen molar-refractivity contribution in [2.24, 2.45) is 0 Å². The van der Waals surface area contributed by atoms with Gasteiger partial charge in [-0.3, -0.25) is 9.32 Å². The summed E-state index contributed by atoms with van der Waals surface area (Å²) in [7, 11) is -3.78. The van der Waals surface area contributed by atoms with Gasteiger partial charge in [0, 0.05) is 13.0 Å². The standard InChI is InChI=1S/C22H41O16P/c1-33-14(25)8-6-4-2-3-5-7-9-34-21-17(28)15(26)19(12(10-23)35-21)37-22-18(29)16(27)20(13(11-24)36-22)38-39(30,31)32/h12-13,15-24,26-29H,2-11H2,1H3,(H2,30,31,32)/t12-,13-,15-,16-,17-,18-,19-,20+,21+,22+/m1/s1. The molecule has 0 unspecified atom stereocenters. The Morgan fingerprint density at radius 2 is 1.28 bits per heavy atom. The van der Waals surface area contributed by atoms with E-state index in [0.29, 0.717) is 12.8 Å². The van der Waals surface area contributed by atoms with Crippen molar-refractivity contribution in [1.82, 2.24) is 0 Å². The van der Waals surface area contributed by atoms with Crippen LogP contribution in [0.3, 0.4) is 0 Å². The van der Waals surface area contributed by atoms with Gasteiger partial charge < -0.3 is 64.1 Å². The molecule has 0 amide bonds. The maximum atomic E-state index is 11.2. The molecule has 2 aliphatic rings. The monoisotopic (exact) mass is 592 g/mol. The highest BCUT2D eigenvalue weighted by atomic mass is 31.2. The molecule has 0 saturated carbocycles. The minimum absolute atomic E-state index is 0.191. The normalized spacial score (nSPS) is 35.6. The van der Waals surface area contributed by atoms with Gasteiger partial charge >= 0.3 is 13.8 Å². The quantitative estimate of drug-likeness (QED) is 0.0530. The number of unbranched alkanes of at least 4 members (excludes halogenated alkanes) is 5. The zero-order valence-corrected chi connectivity index (χ0v) is 22.5. The zero-order valence-electron chi connectivity index (χ0n) is 21.6. The maximum absolute atomic E-state index is 11.2. The number of carbonyl (C=O) groups excluding carboxylic acids is 1. The number of phosphoric ester groups is 1. The molecule has 0 bridgehead atoms. The molecule has 0 radical (unpaired) electrons. The lowest BCUT2D eigenvalue weighted by atomic mass is 9.97. The van der Waals surface area contributed by atoms with Gasteiger partial charge in [0.2, 0.25) is 0 Å². The fraction of sp³-hybridized carbons (Fsp3) is 0.955. The van der Waals surface area contributed by atoms with Crippen LogP contribution >= 0.6 is 7.82 Å². The molecule has 2 heterocycles. The molecule has 2 aliphatic heterocycles. The Bertz CT molecular complexity index is 762. The topological polar surface area (TPSA) is 251 Å². The van der Waals surface area contributed by atoms with E-state index in [9.17, 15) is 40.0 Å². The van der Waals surface area contributed by atoms with Crippen LogP contribution in [-0.4, -0.2) is 135 Å². The molecule has 0 aliphatic carbocycles. The highest BCUT2D eigenvalue weighted by Crippen LogP contribution is 2.41. The number of aliphatic hydroxyl groups excluding tert-OH is 6. The second-order valence-corrected chi connectivity index (χ2v) is 10.6. The lowest BCUT2D eigenvalue weighted by Gasteiger charge is -2.46. The van der Waals surface area contributed by atoms with Gasteiger partial charge in [-0.25, -0.2) is 4.57 Å². The van der Waals surface area contributed by atoms with Crippen molar-refractivity contribution in [3.05, 3.63) is 0 Å². The predicted octanol–water partition coefficient (Wildman–Crippen LogP) is -2.35. The van der Waals surface area contributed by atoms with E-state index in [4.69, 9.17) is 28.7 Å². The van der Waals surface area contributed by atoms with Crippen LogP contribution in [0.2, 0.25) is 0 Å². The fourth-order valence-corrected chi connectivity index (χ4v) is 4.92. The van der Waals surface area contributed by atoms with Gasteiger partial charge in [0.15, 0.2) is 12.6 Å². The molecule has 0 aromatic carbocycles. The molecule has 17 heteroatoms. The van der Waals surface area contributed by atoms with Gasteiger partial charge in [0.05, 0.1) is 20.3 Å². The molecule has 2 fully saturated rings. The van der Waals surface area contributed by atoms with Crippen molar-refractivity contribution in [2.75, 3.05) is 26.9 Å². The van der Waals surface area contributed by atoms with Crippen molar-refractivity contribution in [3.8, 4) is 0 Å². The van der Waals surface area contributed by atoms with Crippen molar-refractivity contribution in [3.63, 3.8) is 0 Å². The number of methoxy groups -OCH3 is 1. The summed E-state index contributed by atoms with van der Waals surface area (Å²) >= 11 is 0. The fourth-order valence-electron chi connectivity index (χ4n) is 4.35. The first-order valence-electron chi connectivity index (χ1n) is 12.8. The Kier molecular flexibility index (Phi) is 14.6. The zero-order chi connectivity index (χ0) is 29.2. The third kappa shape index (κ3) is 10.5. The molecular formula is C22H41O16P. The van der Waals surface area contributed by atoms with Gasteiger partial charge in [-0.2, -0.15) is 0 Å². The van der Waals surface area contributed by atoms with Crippen LogP contribution in [0.4, 0.5) is 0 Å². The molecule has 0 aromatic rings. The molecule has 0 aromatic heterocycles. The Balaban J connectivity index is 1.84. The Labute approximate surface area is 225 Å². The number of rotatable bonds is 16. The molecule has 39 heavy (non-hydrogen) atoms. The number of phosphoric acid groups is 1. The molecule has 8 N–H and O–H groups in total. The van der Waals surface area contributed by atoms with E-state index in [1.54, 1.807) is 0 Å². The van der Waals surface area contributed by atoms with Crippen molar-refractivity contribution >= 4 is 13.8 Å². The van der Waals surface area contributed by atoms with Gasteiger partial charge in [-0.15, -0.1) is 0 Å². The number of esters is 1. The minimum Gasteiger partial charge on any atom is -0.469 e. The van der Waals surface area contributed by atoms with E-state index in [2.05, 4.69) is 9.26 Å². The largest absolute Gasteiger partial charge is 0.470 e. The smallest absolute Gasteiger partial charge is 0.469 e. The molecule has 10 atom stereocenters. The van der Waals surface area contributed by atoms with Crippen LogP contribution in [0.15, 0.2) is 0 Å². The molecular weight excluding hydrogens is 551 g/mol. The second-order valence-electron chi connectivity index (χ2n) is 9.39. The predicted molar refractivity (Wildman–Crippen MR) is 128 cm³/mol. The third-order valence-corrected chi connectivity index (χ3v) is 6.99. The second kappa shape index (κ2) is 16.6. The van der Waals surface area contributed by atoms with Crippen molar-refractivity contribution in [1.29, 1.82) is 0 Å². The Morgan fingerprint density at radius 3 is 1.87 bits per heavy atom. The molecule has 0 spiro atoms. The molecule has 2 rings (SSSR count). The molecule has 230 valence electrons. The first kappa shape index (κ1) is 34.4. The molecule has 2 saturated heterocycles. The van der Waals surface area contributed by atoms with Gasteiger partial charge in [-0.05, 0) is 12.8 Å². The first-order valence-corrected chi connectivity index (χ1v) is 14.3. The molecule has 16 nitrogen and oxygen atoms in total. The lowest BCUT2D eigenvalue weighted by molar-refractivity contribution is -0.358. The summed E-state index contributed by atoms with van der Waals surface area (Å²) in [4.78, 5) is 29.1. The van der Waals surface area contributed by atoms with Gasteiger partial charge in [0.25, 0.3) is 0 Å². The Hall–Kier alpha value is -0.820. The average Bonchev–Trinajstić information content (AvgIpc) is 2.89. The summed E-state index contributed by atoms with van der Waals surface area (Å²) in [6.07, 6.45) is -11.1. The highest BCUT2D eigenvalue weighted by Gasteiger charge is 2.52. The summed E-state index contributed by atoms with van der Waals surface area (Å²) in [6, 6.07) is 0. The van der Waals surface area contributed by atoms with E-state index >= 15 is 0 Å². The van der Waals surface area contributed by atoms with E-state index in [1.165, 1.54) is 7.11 Å². The number of hydrogen-bond donors (Lipinski definition) is 8. The lowest BCUT2D eigenvalue weighted by Crippen LogP contribution is -2.65. The summed E-state index contributed by atoms with van der Waals surface area (Å²) in [5.41, 5.74) is 0. The SMILES string of the molecule is COC(=O)CCCCCCCCO[C@H]1O[C@H](CO)[C@@H](O[C@@H]2O[C@H](CO)[C@H](OP(=O)(O)O)[C@H](O)[C@H]2O)[C@H](O)[C@H]1O. The number of ether oxygens (including phenoxy) is 5. The van der Waals surface area contributed by atoms with Crippen molar-refractivity contribution in [2.45, 2.75) is 106 Å². The summed E-state index contributed by atoms with van der Waals surface area (Å²) in [5, 5.41) is 61.1. The van der Waals surface area contributed by atoms with Crippen LogP contribution in [0.1, 0.15) is 44.9 Å². The van der Waals surface area contributed by atoms with Crippen LogP contribution < -0.4 is 0 Å². The van der Waals surface area contributed by atoms with E-state index in [-0.39, 0.29) is 12.6 Å². The summed E-state index contributed by atoms with van der Waals surface area (Å²) in [6.45, 7) is -1.39. The van der Waals surface area contributed by atoms with Crippen LogP contribution in [0.5, 0.6) is 0 Å². The average molecular weight is 593 g/mol. The highest BCUT2D eigenvalue weighted by molar-refractivity contribution is 7.46. The summed E-state index contributed by atoms with van der Waals surface area (Å²) in [5.74, 6) is -0.235. The van der Waals surface area contributed by atoms with E-state index in [0.717, 1.165) is 32.1 Å². The minimum atomic E-state index is -5.13. The van der Waals surface area contributed by atoms with Crippen molar-refractivity contribution < 1.29 is 78.0 Å². The third-order valence-electron chi connectivity index (χ3n) is 6.48. The number of carbonyl (C=O) groups is 1. The Morgan fingerprint density at radius 1 is 0.769 bits per heavy atom. The van der Waals surface area contributed by atoms with Crippen LogP contribution in [0.25, 0.3) is 0 Å². The van der Waals surface area contributed by atoms with Gasteiger partial charge in [0.1, 0.15) is 48.8 Å². The van der Waals surface area contributed by atoms with Crippen LogP contribution in [-0.2, 0) is 37.6 Å². The summed E-state index contributed by atoms with van der Waals surface area (Å²) < 4.78 is 42.1. The number of hydrogen-bond acceptors (Lipinski definition) is 14. The van der Waals surface area contributed by atoms with Gasteiger partial charge in [-0.1, -0.05) is 25.7 Å².